The van der Waals surface area contributed by atoms with E-state index in [-0.39, 0.29) is 11.8 Å². The molecule has 1 aromatic heterocycles. The molecule has 1 aromatic carbocycles. The van der Waals surface area contributed by atoms with Crippen molar-refractivity contribution in [2.24, 2.45) is 0 Å². The maximum Gasteiger partial charge on any atom is 0.267 e. The highest BCUT2D eigenvalue weighted by Gasteiger charge is 2.24. The van der Waals surface area contributed by atoms with Crippen molar-refractivity contribution in [1.29, 1.82) is 0 Å². The molecule has 1 heterocycles. The highest BCUT2D eigenvalue weighted by molar-refractivity contribution is 7.17. The van der Waals surface area contributed by atoms with Gasteiger partial charge in [-0.1, -0.05) is 36.7 Å². The summed E-state index contributed by atoms with van der Waals surface area (Å²) in [6.07, 6.45) is 9.84. The summed E-state index contributed by atoms with van der Waals surface area (Å²) in [5.74, 6) is -0.285. The first kappa shape index (κ1) is 18.9. The molecular weight excluding hydrogens is 372 g/mol. The third-order valence-electron chi connectivity index (χ3n) is 5.32. The molecular formula is C21H26N4O2S. The lowest BCUT2D eigenvalue weighted by Crippen LogP contribution is -2.25. The van der Waals surface area contributed by atoms with Crippen LogP contribution in [0, 0.1) is 6.92 Å². The van der Waals surface area contributed by atoms with Crippen molar-refractivity contribution in [2.75, 3.05) is 10.6 Å². The lowest BCUT2D eigenvalue weighted by molar-refractivity contribution is 0.0949. The second kappa shape index (κ2) is 8.31. The van der Waals surface area contributed by atoms with Gasteiger partial charge in [-0.3, -0.25) is 9.59 Å². The SMILES string of the molecule is Cc1ccc(C(=O)NC2CC2)cc1NC(=O)c1cnc(NC2CCCCC2)s1. The van der Waals surface area contributed by atoms with Crippen LogP contribution in [0.4, 0.5) is 10.8 Å². The van der Waals surface area contributed by atoms with Crippen molar-refractivity contribution < 1.29 is 9.59 Å². The van der Waals surface area contributed by atoms with E-state index < -0.39 is 0 Å². The lowest BCUT2D eigenvalue weighted by atomic mass is 9.96. The molecule has 2 aliphatic rings. The van der Waals surface area contributed by atoms with E-state index in [2.05, 4.69) is 20.9 Å². The van der Waals surface area contributed by atoms with Gasteiger partial charge in [0.25, 0.3) is 11.8 Å². The summed E-state index contributed by atoms with van der Waals surface area (Å²) >= 11 is 1.37. The normalized spacial score (nSPS) is 17.2. The van der Waals surface area contributed by atoms with Crippen LogP contribution in [-0.2, 0) is 0 Å². The van der Waals surface area contributed by atoms with Crippen LogP contribution in [0.2, 0.25) is 0 Å². The fraction of sp³-hybridized carbons (Fsp3) is 0.476. The molecule has 6 nitrogen and oxygen atoms in total. The topological polar surface area (TPSA) is 83.1 Å². The number of nitrogens with one attached hydrogen (secondary N) is 3. The molecule has 28 heavy (non-hydrogen) atoms. The van der Waals surface area contributed by atoms with E-state index in [4.69, 9.17) is 0 Å². The Morgan fingerprint density at radius 2 is 1.82 bits per heavy atom. The van der Waals surface area contributed by atoms with E-state index in [9.17, 15) is 9.59 Å². The van der Waals surface area contributed by atoms with Crippen molar-refractivity contribution in [3.63, 3.8) is 0 Å². The van der Waals surface area contributed by atoms with Crippen LogP contribution in [0.1, 0.15) is 70.5 Å². The molecule has 2 saturated carbocycles. The number of aryl methyl sites for hydroxylation is 1. The molecule has 0 saturated heterocycles. The molecule has 3 N–H and O–H groups in total. The molecule has 4 rings (SSSR count). The van der Waals surface area contributed by atoms with Crippen LogP contribution >= 0.6 is 11.3 Å². The molecule has 7 heteroatoms. The van der Waals surface area contributed by atoms with Gasteiger partial charge in [-0.15, -0.1) is 0 Å². The molecule has 0 radical (unpaired) electrons. The molecule has 148 valence electrons. The van der Waals surface area contributed by atoms with Crippen molar-refractivity contribution in [1.82, 2.24) is 10.3 Å². The summed E-state index contributed by atoms with van der Waals surface area (Å²) in [5.41, 5.74) is 2.14. The number of thiazole rings is 1. The molecule has 0 aliphatic heterocycles. The highest BCUT2D eigenvalue weighted by atomic mass is 32.1. The van der Waals surface area contributed by atoms with E-state index in [1.54, 1.807) is 18.3 Å². The number of anilines is 2. The van der Waals surface area contributed by atoms with E-state index in [1.807, 2.05) is 13.0 Å². The molecule has 0 bridgehead atoms. The number of aromatic nitrogens is 1. The number of carbonyl (C=O) groups excluding carboxylic acids is 2. The predicted molar refractivity (Wildman–Crippen MR) is 112 cm³/mol. The van der Waals surface area contributed by atoms with Crippen LogP contribution in [-0.4, -0.2) is 28.9 Å². The van der Waals surface area contributed by atoms with Gasteiger partial charge in [0, 0.05) is 23.3 Å². The van der Waals surface area contributed by atoms with E-state index in [0.717, 1.165) is 36.4 Å². The molecule has 0 unspecified atom stereocenters. The smallest absolute Gasteiger partial charge is 0.267 e. The molecule has 0 atom stereocenters. The average Bonchev–Trinajstić information content (AvgIpc) is 3.39. The molecule has 0 spiro atoms. The first-order valence-electron chi connectivity index (χ1n) is 10.0. The number of rotatable bonds is 6. The minimum Gasteiger partial charge on any atom is -0.359 e. The van der Waals surface area contributed by atoms with Gasteiger partial charge in [0.2, 0.25) is 0 Å². The highest BCUT2D eigenvalue weighted by Crippen LogP contribution is 2.26. The van der Waals surface area contributed by atoms with Gasteiger partial charge in [-0.25, -0.2) is 4.98 Å². The number of hydrogen-bond donors (Lipinski definition) is 3. The van der Waals surface area contributed by atoms with Crippen LogP contribution in [0.5, 0.6) is 0 Å². The Hall–Kier alpha value is -2.41. The second-order valence-corrected chi connectivity index (χ2v) is 8.77. The maximum absolute atomic E-state index is 12.7. The Kier molecular flexibility index (Phi) is 5.62. The summed E-state index contributed by atoms with van der Waals surface area (Å²) < 4.78 is 0. The van der Waals surface area contributed by atoms with E-state index in [0.29, 0.717) is 28.2 Å². The summed E-state index contributed by atoms with van der Waals surface area (Å²) in [5, 5.41) is 10.2. The summed E-state index contributed by atoms with van der Waals surface area (Å²) in [7, 11) is 0. The number of carbonyl (C=O) groups is 2. The Morgan fingerprint density at radius 1 is 1.04 bits per heavy atom. The van der Waals surface area contributed by atoms with Crippen LogP contribution in [0.3, 0.4) is 0 Å². The standard InChI is InChI=1S/C21H26N4O2S/c1-13-7-8-14(19(26)23-16-9-10-16)11-17(13)25-20(27)18-12-22-21(28-18)24-15-5-3-2-4-6-15/h7-8,11-12,15-16H,2-6,9-10H2,1H3,(H,22,24)(H,23,26)(H,25,27). The average molecular weight is 399 g/mol. The molecule has 2 amide bonds. The number of nitrogens with zero attached hydrogens (tertiary/aromatic N) is 1. The molecule has 2 aliphatic carbocycles. The van der Waals surface area contributed by atoms with Crippen molar-refractivity contribution in [3.05, 3.63) is 40.4 Å². The van der Waals surface area contributed by atoms with Crippen LogP contribution in [0.15, 0.2) is 24.4 Å². The Bertz CT molecular complexity index is 869. The number of amides is 2. The van der Waals surface area contributed by atoms with Gasteiger partial charge < -0.3 is 16.0 Å². The van der Waals surface area contributed by atoms with Gasteiger partial charge in [-0.2, -0.15) is 0 Å². The lowest BCUT2D eigenvalue weighted by Gasteiger charge is -2.22. The van der Waals surface area contributed by atoms with Gasteiger partial charge in [0.1, 0.15) is 4.88 Å². The number of hydrogen-bond acceptors (Lipinski definition) is 5. The zero-order valence-electron chi connectivity index (χ0n) is 16.1. The van der Waals surface area contributed by atoms with Gasteiger partial charge in [0.15, 0.2) is 5.13 Å². The fourth-order valence-electron chi connectivity index (χ4n) is 3.45. The van der Waals surface area contributed by atoms with Crippen LogP contribution in [0.25, 0.3) is 0 Å². The molecule has 2 aromatic rings. The fourth-order valence-corrected chi connectivity index (χ4v) is 4.23. The summed E-state index contributed by atoms with van der Waals surface area (Å²) in [6.45, 7) is 1.92. The Labute approximate surface area is 169 Å². The van der Waals surface area contributed by atoms with Gasteiger partial charge in [-0.05, 0) is 50.3 Å². The summed E-state index contributed by atoms with van der Waals surface area (Å²) in [6, 6.07) is 6.16. The Balaban J connectivity index is 1.40. The Morgan fingerprint density at radius 3 is 2.57 bits per heavy atom. The predicted octanol–water partition coefficient (Wildman–Crippen LogP) is 4.34. The summed E-state index contributed by atoms with van der Waals surface area (Å²) in [4.78, 5) is 29.9. The number of benzene rings is 1. The van der Waals surface area contributed by atoms with E-state index >= 15 is 0 Å². The minimum atomic E-state index is -0.197. The zero-order chi connectivity index (χ0) is 19.5. The van der Waals surface area contributed by atoms with Crippen molar-refractivity contribution >= 4 is 34.0 Å². The molecule has 2 fully saturated rings. The monoisotopic (exact) mass is 398 g/mol. The third kappa shape index (κ3) is 4.70. The van der Waals surface area contributed by atoms with Crippen molar-refractivity contribution in [2.45, 2.75) is 64.0 Å². The van der Waals surface area contributed by atoms with E-state index in [1.165, 1.54) is 30.6 Å². The maximum atomic E-state index is 12.7. The third-order valence-corrected chi connectivity index (χ3v) is 6.25. The van der Waals surface area contributed by atoms with Gasteiger partial charge >= 0.3 is 0 Å². The quantitative estimate of drug-likeness (QED) is 0.676. The van der Waals surface area contributed by atoms with Crippen molar-refractivity contribution in [3.8, 4) is 0 Å². The van der Waals surface area contributed by atoms with Gasteiger partial charge in [0.05, 0.1) is 6.20 Å². The first-order valence-corrected chi connectivity index (χ1v) is 10.9. The first-order chi connectivity index (χ1) is 13.6. The largest absolute Gasteiger partial charge is 0.359 e. The van der Waals surface area contributed by atoms with Crippen LogP contribution < -0.4 is 16.0 Å². The second-order valence-electron chi connectivity index (χ2n) is 7.74. The minimum absolute atomic E-state index is 0.0882. The zero-order valence-corrected chi connectivity index (χ0v) is 16.9.